The number of fused-ring (bicyclic) bond motifs is 5. The quantitative estimate of drug-likeness (QED) is 0.627. The van der Waals surface area contributed by atoms with Crippen molar-refractivity contribution in [2.75, 3.05) is 0 Å². The van der Waals surface area contributed by atoms with Gasteiger partial charge in [0.15, 0.2) is 0 Å². The van der Waals surface area contributed by atoms with Crippen LogP contribution in [0.4, 0.5) is 0 Å². The van der Waals surface area contributed by atoms with E-state index in [1.165, 1.54) is 6.92 Å². The Labute approximate surface area is 168 Å². The van der Waals surface area contributed by atoms with Gasteiger partial charge in [-0.05, 0) is 87.4 Å². The Bertz CT molecular complexity index is 634. The van der Waals surface area contributed by atoms with Crippen LogP contribution in [0.3, 0.4) is 0 Å². The SMILES string of the molecule is CC(=O)O[C@@H]1CC[C@@]2(C)[C@@H](CC[C@@H]3[C@@H]2CC[C@@]2(C)[C@H]3C[C@@H](O)[C@]2(O)[C@H](C)O)C1. The zero-order valence-electron chi connectivity index (χ0n) is 17.9. The molecule has 5 heteroatoms. The van der Waals surface area contributed by atoms with E-state index in [2.05, 4.69) is 13.8 Å². The van der Waals surface area contributed by atoms with E-state index in [9.17, 15) is 20.1 Å². The van der Waals surface area contributed by atoms with Gasteiger partial charge in [0, 0.05) is 12.3 Å². The minimum Gasteiger partial charge on any atom is -0.463 e. The Hall–Kier alpha value is -0.650. The van der Waals surface area contributed by atoms with E-state index in [1.54, 1.807) is 6.92 Å². The molecule has 5 nitrogen and oxygen atoms in total. The zero-order chi connectivity index (χ0) is 20.5. The van der Waals surface area contributed by atoms with Crippen molar-refractivity contribution in [3.05, 3.63) is 0 Å². The molecule has 0 aromatic heterocycles. The third-order valence-corrected chi connectivity index (χ3v) is 9.88. The molecule has 0 aromatic carbocycles. The van der Waals surface area contributed by atoms with Gasteiger partial charge in [-0.3, -0.25) is 4.79 Å². The summed E-state index contributed by atoms with van der Waals surface area (Å²) in [7, 11) is 0. The summed E-state index contributed by atoms with van der Waals surface area (Å²) in [5.74, 6) is 1.75. The van der Waals surface area contributed by atoms with Crippen molar-refractivity contribution in [3.63, 3.8) is 0 Å². The number of esters is 1. The fourth-order valence-electron chi connectivity index (χ4n) is 8.37. The molecule has 10 atom stereocenters. The van der Waals surface area contributed by atoms with Crippen molar-refractivity contribution in [1.82, 2.24) is 0 Å². The second-order valence-electron chi connectivity index (χ2n) is 10.9. The highest BCUT2D eigenvalue weighted by Gasteiger charge is 2.69. The fraction of sp³-hybridized carbons (Fsp3) is 0.957. The number of carbonyl (C=O) groups excluding carboxylic acids is 1. The van der Waals surface area contributed by atoms with Crippen LogP contribution in [0.2, 0.25) is 0 Å². The molecule has 0 amide bonds. The van der Waals surface area contributed by atoms with Gasteiger partial charge in [-0.25, -0.2) is 0 Å². The van der Waals surface area contributed by atoms with Crippen molar-refractivity contribution in [1.29, 1.82) is 0 Å². The predicted octanol–water partition coefficient (Wildman–Crippen LogP) is 3.04. The van der Waals surface area contributed by atoms with Crippen molar-refractivity contribution in [2.45, 2.75) is 103 Å². The molecule has 0 radical (unpaired) electrons. The topological polar surface area (TPSA) is 87.0 Å². The van der Waals surface area contributed by atoms with Crippen LogP contribution in [0.15, 0.2) is 0 Å². The molecule has 3 N–H and O–H groups in total. The molecular weight excluding hydrogens is 356 g/mol. The molecule has 4 aliphatic carbocycles. The second-order valence-corrected chi connectivity index (χ2v) is 10.9. The van der Waals surface area contributed by atoms with E-state index in [4.69, 9.17) is 4.74 Å². The summed E-state index contributed by atoms with van der Waals surface area (Å²) in [4.78, 5) is 11.4. The normalized spacial score (nSPS) is 54.2. The van der Waals surface area contributed by atoms with E-state index in [-0.39, 0.29) is 23.4 Å². The lowest BCUT2D eigenvalue weighted by molar-refractivity contribution is -0.209. The minimum absolute atomic E-state index is 0.0645. The van der Waals surface area contributed by atoms with Gasteiger partial charge < -0.3 is 20.1 Å². The molecule has 160 valence electrons. The van der Waals surface area contributed by atoms with Crippen LogP contribution >= 0.6 is 0 Å². The Morgan fingerprint density at radius 1 is 1.07 bits per heavy atom. The average Bonchev–Trinajstić information content (AvgIpc) is 2.83. The maximum Gasteiger partial charge on any atom is 0.302 e. The molecule has 0 unspecified atom stereocenters. The number of aliphatic hydroxyl groups excluding tert-OH is 2. The van der Waals surface area contributed by atoms with Crippen molar-refractivity contribution >= 4 is 5.97 Å². The highest BCUT2D eigenvalue weighted by Crippen LogP contribution is 2.68. The van der Waals surface area contributed by atoms with Gasteiger partial charge in [0.1, 0.15) is 11.7 Å². The van der Waals surface area contributed by atoms with Gasteiger partial charge in [0.05, 0.1) is 12.2 Å². The fourth-order valence-corrected chi connectivity index (χ4v) is 8.37. The van der Waals surface area contributed by atoms with Crippen LogP contribution in [0.5, 0.6) is 0 Å². The predicted molar refractivity (Wildman–Crippen MR) is 105 cm³/mol. The highest BCUT2D eigenvalue weighted by atomic mass is 16.5. The first-order chi connectivity index (χ1) is 13.0. The first-order valence-electron chi connectivity index (χ1n) is 11.3. The second kappa shape index (κ2) is 6.68. The summed E-state index contributed by atoms with van der Waals surface area (Å²) in [6.45, 7) is 7.66. The van der Waals surface area contributed by atoms with Gasteiger partial charge in [-0.1, -0.05) is 13.8 Å². The summed E-state index contributed by atoms with van der Waals surface area (Å²) >= 11 is 0. The molecule has 0 aliphatic heterocycles. The van der Waals surface area contributed by atoms with Crippen LogP contribution in [0, 0.1) is 34.5 Å². The number of rotatable bonds is 2. The van der Waals surface area contributed by atoms with Crippen LogP contribution in [-0.4, -0.2) is 45.2 Å². The Morgan fingerprint density at radius 2 is 1.79 bits per heavy atom. The Kier molecular flexibility index (Phi) is 4.92. The monoisotopic (exact) mass is 394 g/mol. The molecule has 0 spiro atoms. The lowest BCUT2D eigenvalue weighted by atomic mass is 9.44. The lowest BCUT2D eigenvalue weighted by Crippen LogP contribution is -2.61. The smallest absolute Gasteiger partial charge is 0.302 e. The maximum absolute atomic E-state index is 11.4. The lowest BCUT2D eigenvalue weighted by Gasteiger charge is -2.61. The average molecular weight is 395 g/mol. The molecule has 28 heavy (non-hydrogen) atoms. The summed E-state index contributed by atoms with van der Waals surface area (Å²) < 4.78 is 5.54. The van der Waals surface area contributed by atoms with Crippen LogP contribution < -0.4 is 0 Å². The molecular formula is C23H38O5. The molecule has 4 saturated carbocycles. The molecule has 0 heterocycles. The number of hydrogen-bond donors (Lipinski definition) is 3. The summed E-state index contributed by atoms with van der Waals surface area (Å²) in [5.41, 5.74) is -1.59. The maximum atomic E-state index is 11.4. The highest BCUT2D eigenvalue weighted by molar-refractivity contribution is 5.66. The molecule has 4 aliphatic rings. The Morgan fingerprint density at radius 3 is 2.43 bits per heavy atom. The first kappa shape index (κ1) is 20.6. The van der Waals surface area contributed by atoms with Gasteiger partial charge in [-0.2, -0.15) is 0 Å². The third-order valence-electron chi connectivity index (χ3n) is 9.88. The number of carbonyl (C=O) groups is 1. The number of aliphatic hydroxyl groups is 3. The van der Waals surface area contributed by atoms with Crippen LogP contribution in [0.25, 0.3) is 0 Å². The summed E-state index contributed by atoms with van der Waals surface area (Å²) in [5, 5.41) is 32.5. The van der Waals surface area contributed by atoms with Crippen molar-refractivity contribution < 1.29 is 24.9 Å². The summed E-state index contributed by atoms with van der Waals surface area (Å²) in [6, 6.07) is 0. The molecule has 0 bridgehead atoms. The van der Waals surface area contributed by atoms with Gasteiger partial charge in [0.2, 0.25) is 0 Å². The van der Waals surface area contributed by atoms with Crippen LogP contribution in [0.1, 0.15) is 79.1 Å². The van der Waals surface area contributed by atoms with Gasteiger partial charge in [-0.15, -0.1) is 0 Å². The van der Waals surface area contributed by atoms with E-state index in [0.717, 1.165) is 44.9 Å². The standard InChI is InChI=1S/C23H38O5/c1-13(24)23(27)20(26)12-19-17-6-5-15-11-16(28-14(2)25)7-9-21(15,3)18(17)8-10-22(19,23)4/h13,15-20,24,26-27H,5-12H2,1-4H3/t13-,15-,16+,17+,18-,19-,20+,21-,22-,23+/m0/s1. The first-order valence-corrected chi connectivity index (χ1v) is 11.3. The summed E-state index contributed by atoms with van der Waals surface area (Å²) in [6.07, 6.45) is 6.02. The number of ether oxygens (including phenoxy) is 1. The van der Waals surface area contributed by atoms with E-state index >= 15 is 0 Å². The molecule has 4 fully saturated rings. The molecule has 4 rings (SSSR count). The van der Waals surface area contributed by atoms with Crippen LogP contribution in [-0.2, 0) is 9.53 Å². The van der Waals surface area contributed by atoms with Gasteiger partial charge in [0.25, 0.3) is 0 Å². The largest absolute Gasteiger partial charge is 0.463 e. The van der Waals surface area contributed by atoms with Gasteiger partial charge >= 0.3 is 5.97 Å². The van der Waals surface area contributed by atoms with Crippen molar-refractivity contribution in [2.24, 2.45) is 34.5 Å². The molecule has 0 saturated heterocycles. The van der Waals surface area contributed by atoms with E-state index < -0.39 is 23.2 Å². The minimum atomic E-state index is -1.41. The van der Waals surface area contributed by atoms with E-state index in [0.29, 0.717) is 24.2 Å². The molecule has 0 aromatic rings. The third kappa shape index (κ3) is 2.65. The number of hydrogen-bond acceptors (Lipinski definition) is 5. The van der Waals surface area contributed by atoms with Crippen molar-refractivity contribution in [3.8, 4) is 0 Å². The zero-order valence-corrected chi connectivity index (χ0v) is 17.9. The Balaban J connectivity index is 1.58. The van der Waals surface area contributed by atoms with E-state index in [1.807, 2.05) is 0 Å².